The quantitative estimate of drug-likeness (QED) is 0.780. The minimum Gasteiger partial charge on any atom is -0.497 e. The van der Waals surface area contributed by atoms with Crippen LogP contribution in [0.5, 0.6) is 11.5 Å². The zero-order valence-corrected chi connectivity index (χ0v) is 16.3. The number of para-hydroxylation sites is 1. The molecule has 1 saturated heterocycles. The molecule has 4 rings (SSSR count). The van der Waals surface area contributed by atoms with Crippen molar-refractivity contribution < 1.29 is 19.1 Å². The lowest BCUT2D eigenvalue weighted by Gasteiger charge is -2.33. The fraction of sp³-hybridized carbons (Fsp3) is 0.333. The summed E-state index contributed by atoms with van der Waals surface area (Å²) in [4.78, 5) is 27.1. The lowest BCUT2D eigenvalue weighted by atomic mass is 9.76. The fourth-order valence-corrected chi connectivity index (χ4v) is 4.18. The van der Waals surface area contributed by atoms with Gasteiger partial charge in [0.2, 0.25) is 0 Å². The highest BCUT2D eigenvalue weighted by atomic mass is 35.5. The predicted octanol–water partition coefficient (Wildman–Crippen LogP) is 3.51. The van der Waals surface area contributed by atoms with Gasteiger partial charge in [-0.3, -0.25) is 9.69 Å². The number of imide groups is 1. The second kappa shape index (κ2) is 7.36. The second-order valence-electron chi connectivity index (χ2n) is 6.95. The summed E-state index contributed by atoms with van der Waals surface area (Å²) in [5.41, 5.74) is 0.891. The predicted molar refractivity (Wildman–Crippen MR) is 105 cm³/mol. The van der Waals surface area contributed by atoms with E-state index in [2.05, 4.69) is 5.32 Å². The first-order valence-corrected chi connectivity index (χ1v) is 9.62. The zero-order valence-electron chi connectivity index (χ0n) is 15.5. The van der Waals surface area contributed by atoms with Gasteiger partial charge in [-0.25, -0.2) is 4.79 Å². The van der Waals surface area contributed by atoms with Crippen LogP contribution in [-0.2, 0) is 16.8 Å². The van der Waals surface area contributed by atoms with Crippen molar-refractivity contribution in [3.63, 3.8) is 0 Å². The molecular weight excluding hydrogens is 380 g/mol. The van der Waals surface area contributed by atoms with Gasteiger partial charge in [0, 0.05) is 0 Å². The molecule has 6 nitrogen and oxygen atoms in total. The Hall–Kier alpha value is -2.73. The van der Waals surface area contributed by atoms with E-state index in [0.29, 0.717) is 17.2 Å². The summed E-state index contributed by atoms with van der Waals surface area (Å²) in [5.74, 6) is 1.05. The standard InChI is InChI=1S/C21H21ClN2O4/c1-27-15-8-9-16-14(13-15)5-4-10-21(16)19(25)24(20(26)23-21)11-12-28-18-7-3-2-6-17(18)22/h2-3,6-9,13H,4-5,10-12H2,1H3,(H,23,26). The van der Waals surface area contributed by atoms with Crippen molar-refractivity contribution in [1.29, 1.82) is 0 Å². The molecular formula is C21H21ClN2O4. The number of nitrogens with one attached hydrogen (secondary N) is 1. The molecule has 1 unspecified atom stereocenters. The third-order valence-corrected chi connectivity index (χ3v) is 5.67. The number of methoxy groups -OCH3 is 1. The molecule has 1 aliphatic carbocycles. The highest BCUT2D eigenvalue weighted by molar-refractivity contribution is 6.32. The van der Waals surface area contributed by atoms with Gasteiger partial charge in [0.15, 0.2) is 0 Å². The Kier molecular flexibility index (Phi) is 4.89. The summed E-state index contributed by atoms with van der Waals surface area (Å²) in [7, 11) is 1.61. The van der Waals surface area contributed by atoms with Crippen molar-refractivity contribution in [3.8, 4) is 11.5 Å². The minimum atomic E-state index is -0.999. The monoisotopic (exact) mass is 400 g/mol. The van der Waals surface area contributed by atoms with E-state index in [-0.39, 0.29) is 19.1 Å². The molecule has 0 aromatic heterocycles. The maximum atomic E-state index is 13.2. The third-order valence-electron chi connectivity index (χ3n) is 5.35. The molecule has 28 heavy (non-hydrogen) atoms. The van der Waals surface area contributed by atoms with Gasteiger partial charge in [-0.2, -0.15) is 0 Å². The van der Waals surface area contributed by atoms with Gasteiger partial charge in [0.25, 0.3) is 5.91 Å². The summed E-state index contributed by atoms with van der Waals surface area (Å²) in [5, 5.41) is 3.43. The molecule has 2 aromatic rings. The lowest BCUT2D eigenvalue weighted by Crippen LogP contribution is -2.46. The van der Waals surface area contributed by atoms with Crippen LogP contribution in [0.2, 0.25) is 5.02 Å². The highest BCUT2D eigenvalue weighted by Crippen LogP contribution is 2.41. The fourth-order valence-electron chi connectivity index (χ4n) is 3.99. The van der Waals surface area contributed by atoms with E-state index in [9.17, 15) is 9.59 Å². The molecule has 0 radical (unpaired) electrons. The van der Waals surface area contributed by atoms with E-state index in [0.717, 1.165) is 29.7 Å². The first kappa shape index (κ1) is 18.6. The van der Waals surface area contributed by atoms with Crippen LogP contribution in [0.4, 0.5) is 4.79 Å². The maximum Gasteiger partial charge on any atom is 0.325 e. The zero-order chi connectivity index (χ0) is 19.7. The molecule has 2 aromatic carbocycles. The lowest BCUT2D eigenvalue weighted by molar-refractivity contribution is -0.132. The van der Waals surface area contributed by atoms with E-state index in [1.165, 1.54) is 4.90 Å². The minimum absolute atomic E-state index is 0.156. The number of urea groups is 1. The number of carbonyl (C=O) groups is 2. The summed E-state index contributed by atoms with van der Waals surface area (Å²) >= 11 is 6.08. The van der Waals surface area contributed by atoms with Gasteiger partial charge in [0.05, 0.1) is 18.7 Å². The van der Waals surface area contributed by atoms with E-state index >= 15 is 0 Å². The molecule has 1 spiro atoms. The molecule has 1 N–H and O–H groups in total. The van der Waals surface area contributed by atoms with Gasteiger partial charge < -0.3 is 14.8 Å². The second-order valence-corrected chi connectivity index (χ2v) is 7.35. The van der Waals surface area contributed by atoms with Crippen molar-refractivity contribution >= 4 is 23.5 Å². The first-order chi connectivity index (χ1) is 13.5. The van der Waals surface area contributed by atoms with Crippen LogP contribution in [0.1, 0.15) is 24.0 Å². The van der Waals surface area contributed by atoms with Gasteiger partial charge in [-0.05, 0) is 54.7 Å². The van der Waals surface area contributed by atoms with Crippen LogP contribution in [0.3, 0.4) is 0 Å². The van der Waals surface area contributed by atoms with Crippen LogP contribution in [0, 0.1) is 0 Å². The Morgan fingerprint density at radius 3 is 2.82 bits per heavy atom. The van der Waals surface area contributed by atoms with Gasteiger partial charge in [0.1, 0.15) is 23.6 Å². The number of nitrogens with zero attached hydrogens (tertiary/aromatic N) is 1. The average molecular weight is 401 g/mol. The van der Waals surface area contributed by atoms with Gasteiger partial charge in [-0.15, -0.1) is 0 Å². The average Bonchev–Trinajstić information content (AvgIpc) is 2.94. The smallest absolute Gasteiger partial charge is 0.325 e. The SMILES string of the molecule is COc1ccc2c(c1)CCCC21NC(=O)N(CCOc2ccccc2Cl)C1=O. The normalized spacial score (nSPS) is 20.9. The summed E-state index contributed by atoms with van der Waals surface area (Å²) in [6, 6.07) is 12.4. The largest absolute Gasteiger partial charge is 0.497 e. The summed E-state index contributed by atoms with van der Waals surface area (Å²) < 4.78 is 10.9. The van der Waals surface area contributed by atoms with E-state index in [4.69, 9.17) is 21.1 Å². The maximum absolute atomic E-state index is 13.2. The molecule has 7 heteroatoms. The Labute approximate surface area is 168 Å². The van der Waals surface area contributed by atoms with Crippen LogP contribution in [0.25, 0.3) is 0 Å². The Balaban J connectivity index is 1.52. The van der Waals surface area contributed by atoms with E-state index < -0.39 is 11.6 Å². The van der Waals surface area contributed by atoms with Crippen molar-refractivity contribution in [2.75, 3.05) is 20.3 Å². The highest BCUT2D eigenvalue weighted by Gasteiger charge is 2.53. The summed E-state index contributed by atoms with van der Waals surface area (Å²) in [6.45, 7) is 0.331. The number of hydrogen-bond acceptors (Lipinski definition) is 4. The van der Waals surface area contributed by atoms with Crippen LogP contribution in [-0.4, -0.2) is 37.1 Å². The molecule has 1 fully saturated rings. The van der Waals surface area contributed by atoms with Gasteiger partial charge in [-0.1, -0.05) is 29.8 Å². The number of halogens is 1. The number of amides is 3. The van der Waals surface area contributed by atoms with Gasteiger partial charge >= 0.3 is 6.03 Å². The number of fused-ring (bicyclic) bond motifs is 2. The summed E-state index contributed by atoms with van der Waals surface area (Å²) in [6.07, 6.45) is 2.25. The van der Waals surface area contributed by atoms with E-state index in [1.807, 2.05) is 30.3 Å². The topological polar surface area (TPSA) is 67.9 Å². The van der Waals surface area contributed by atoms with E-state index in [1.54, 1.807) is 19.2 Å². The van der Waals surface area contributed by atoms with Crippen LogP contribution < -0.4 is 14.8 Å². The van der Waals surface area contributed by atoms with Crippen molar-refractivity contribution in [1.82, 2.24) is 10.2 Å². The number of benzene rings is 2. The number of hydrogen-bond donors (Lipinski definition) is 1. The molecule has 0 bridgehead atoms. The number of aryl methyl sites for hydroxylation is 1. The molecule has 1 aliphatic heterocycles. The Bertz CT molecular complexity index is 932. The first-order valence-electron chi connectivity index (χ1n) is 9.24. The van der Waals surface area contributed by atoms with Crippen LogP contribution in [0.15, 0.2) is 42.5 Å². The van der Waals surface area contributed by atoms with Crippen molar-refractivity contribution in [2.45, 2.75) is 24.8 Å². The Morgan fingerprint density at radius 1 is 1.21 bits per heavy atom. The van der Waals surface area contributed by atoms with Crippen LogP contribution >= 0.6 is 11.6 Å². The third kappa shape index (κ3) is 3.07. The molecule has 3 amide bonds. The Morgan fingerprint density at radius 2 is 2.04 bits per heavy atom. The van der Waals surface area contributed by atoms with Crippen molar-refractivity contribution in [3.05, 3.63) is 58.6 Å². The van der Waals surface area contributed by atoms with Crippen molar-refractivity contribution in [2.24, 2.45) is 0 Å². The molecule has 1 heterocycles. The molecule has 1 atom stereocenters. The number of carbonyl (C=O) groups excluding carboxylic acids is 2. The molecule has 2 aliphatic rings. The molecule has 146 valence electrons. The molecule has 0 saturated carbocycles. The number of ether oxygens (including phenoxy) is 2. The number of rotatable bonds is 5.